The summed E-state index contributed by atoms with van der Waals surface area (Å²) in [6.07, 6.45) is 3.35. The largest absolute Gasteiger partial charge is 0.309 e. The first-order valence-electron chi connectivity index (χ1n) is 7.72. The Hall–Kier alpha value is -1.57. The van der Waals surface area contributed by atoms with Crippen molar-refractivity contribution in [3.05, 3.63) is 76.9 Å². The SMILES string of the molecule is CN(C)CCC1=C(Cc2ccccc2)Cc2ccccc21.Cl. The molecule has 1 aliphatic carbocycles. The number of nitrogens with zero attached hydrogens (tertiary/aromatic N) is 1. The van der Waals surface area contributed by atoms with Crippen molar-refractivity contribution in [2.24, 2.45) is 0 Å². The Balaban J connectivity index is 0.00000176. The van der Waals surface area contributed by atoms with E-state index in [1.165, 1.54) is 16.7 Å². The lowest BCUT2D eigenvalue weighted by Crippen LogP contribution is -2.13. The summed E-state index contributed by atoms with van der Waals surface area (Å²) in [5.41, 5.74) is 7.57. The average molecular weight is 314 g/mol. The van der Waals surface area contributed by atoms with E-state index in [1.807, 2.05) is 0 Å². The smallest absolute Gasteiger partial charge is 0.00159 e. The van der Waals surface area contributed by atoms with Crippen LogP contribution in [0.25, 0.3) is 5.57 Å². The van der Waals surface area contributed by atoms with Crippen LogP contribution in [0.5, 0.6) is 0 Å². The van der Waals surface area contributed by atoms with Gasteiger partial charge < -0.3 is 4.90 Å². The van der Waals surface area contributed by atoms with Gasteiger partial charge in [-0.05, 0) is 55.6 Å². The maximum absolute atomic E-state index is 2.29. The van der Waals surface area contributed by atoms with E-state index in [0.29, 0.717) is 0 Å². The van der Waals surface area contributed by atoms with Crippen LogP contribution in [0.15, 0.2) is 60.2 Å². The highest BCUT2D eigenvalue weighted by molar-refractivity contribution is 5.85. The van der Waals surface area contributed by atoms with E-state index in [0.717, 1.165) is 25.8 Å². The van der Waals surface area contributed by atoms with E-state index in [4.69, 9.17) is 0 Å². The number of fused-ring (bicyclic) bond motifs is 1. The summed E-state index contributed by atoms with van der Waals surface area (Å²) in [6, 6.07) is 19.7. The summed E-state index contributed by atoms with van der Waals surface area (Å²) >= 11 is 0. The minimum atomic E-state index is 0. The van der Waals surface area contributed by atoms with Gasteiger partial charge in [-0.1, -0.05) is 60.2 Å². The van der Waals surface area contributed by atoms with E-state index in [9.17, 15) is 0 Å². The summed E-state index contributed by atoms with van der Waals surface area (Å²) in [5.74, 6) is 0. The zero-order chi connectivity index (χ0) is 14.7. The van der Waals surface area contributed by atoms with Gasteiger partial charge in [0.1, 0.15) is 0 Å². The molecule has 0 aliphatic heterocycles. The minimum Gasteiger partial charge on any atom is -0.309 e. The quantitative estimate of drug-likeness (QED) is 0.779. The topological polar surface area (TPSA) is 3.24 Å². The van der Waals surface area contributed by atoms with Gasteiger partial charge in [-0.3, -0.25) is 0 Å². The van der Waals surface area contributed by atoms with Crippen molar-refractivity contribution in [1.29, 1.82) is 0 Å². The van der Waals surface area contributed by atoms with Gasteiger partial charge in [0.25, 0.3) is 0 Å². The van der Waals surface area contributed by atoms with Crippen molar-refractivity contribution < 1.29 is 0 Å². The van der Waals surface area contributed by atoms with Crippen molar-refractivity contribution in [2.75, 3.05) is 20.6 Å². The molecule has 0 spiro atoms. The molecule has 0 unspecified atom stereocenters. The van der Waals surface area contributed by atoms with E-state index >= 15 is 0 Å². The molecule has 2 heteroatoms. The Kier molecular flexibility index (Phi) is 5.82. The average Bonchev–Trinajstić information content (AvgIpc) is 2.83. The fourth-order valence-electron chi connectivity index (χ4n) is 3.15. The second kappa shape index (κ2) is 7.62. The lowest BCUT2D eigenvalue weighted by molar-refractivity contribution is 0.419. The molecule has 1 nitrogen and oxygen atoms in total. The molecule has 0 radical (unpaired) electrons. The van der Waals surface area contributed by atoms with Gasteiger partial charge in [0.15, 0.2) is 0 Å². The van der Waals surface area contributed by atoms with Gasteiger partial charge in [-0.2, -0.15) is 0 Å². The highest BCUT2D eigenvalue weighted by Gasteiger charge is 2.20. The van der Waals surface area contributed by atoms with Crippen LogP contribution in [0.3, 0.4) is 0 Å². The molecule has 0 saturated heterocycles. The van der Waals surface area contributed by atoms with Crippen molar-refractivity contribution in [2.45, 2.75) is 19.3 Å². The van der Waals surface area contributed by atoms with E-state index in [1.54, 1.807) is 11.1 Å². The molecule has 2 aromatic carbocycles. The van der Waals surface area contributed by atoms with Crippen LogP contribution >= 0.6 is 12.4 Å². The number of halogens is 1. The van der Waals surface area contributed by atoms with Gasteiger partial charge in [-0.25, -0.2) is 0 Å². The van der Waals surface area contributed by atoms with Crippen molar-refractivity contribution >= 4 is 18.0 Å². The maximum Gasteiger partial charge on any atom is 0.00159 e. The third kappa shape index (κ3) is 3.79. The summed E-state index contributed by atoms with van der Waals surface area (Å²) in [4.78, 5) is 2.27. The third-order valence-corrected chi connectivity index (χ3v) is 4.24. The standard InChI is InChI=1S/C20H23N.ClH/c1-21(2)13-12-20-18(14-16-8-4-3-5-9-16)15-17-10-6-7-11-19(17)20;/h3-11H,12-15H2,1-2H3;1H. The first-order chi connectivity index (χ1) is 10.2. The van der Waals surface area contributed by atoms with E-state index in [2.05, 4.69) is 73.6 Å². The monoisotopic (exact) mass is 313 g/mol. The molecule has 2 aromatic rings. The second-order valence-electron chi connectivity index (χ2n) is 6.13. The van der Waals surface area contributed by atoms with Crippen LogP contribution in [0.1, 0.15) is 23.1 Å². The Morgan fingerprint density at radius 2 is 1.59 bits per heavy atom. The number of hydrogen-bond acceptors (Lipinski definition) is 1. The predicted molar refractivity (Wildman–Crippen MR) is 97.6 cm³/mol. The van der Waals surface area contributed by atoms with Crippen LogP contribution in [0, 0.1) is 0 Å². The third-order valence-electron chi connectivity index (χ3n) is 4.24. The van der Waals surface area contributed by atoms with Crippen LogP contribution in [-0.2, 0) is 12.8 Å². The summed E-state index contributed by atoms with van der Waals surface area (Å²) in [6.45, 7) is 1.11. The van der Waals surface area contributed by atoms with E-state index in [-0.39, 0.29) is 12.4 Å². The first kappa shape index (κ1) is 16.8. The predicted octanol–water partition coefficient (Wildman–Crippen LogP) is 4.61. The van der Waals surface area contributed by atoms with Gasteiger partial charge in [0.2, 0.25) is 0 Å². The van der Waals surface area contributed by atoms with Gasteiger partial charge in [-0.15, -0.1) is 12.4 Å². The molecule has 3 rings (SSSR count). The molecule has 0 amide bonds. The number of rotatable bonds is 5. The zero-order valence-electron chi connectivity index (χ0n) is 13.4. The fraction of sp³-hybridized carbons (Fsp3) is 0.300. The van der Waals surface area contributed by atoms with Crippen LogP contribution in [0.2, 0.25) is 0 Å². The molecule has 22 heavy (non-hydrogen) atoms. The van der Waals surface area contributed by atoms with Crippen molar-refractivity contribution in [3.8, 4) is 0 Å². The second-order valence-corrected chi connectivity index (χ2v) is 6.13. The molecular weight excluding hydrogens is 290 g/mol. The molecule has 0 aromatic heterocycles. The highest BCUT2D eigenvalue weighted by Crippen LogP contribution is 2.36. The summed E-state index contributed by atoms with van der Waals surface area (Å²) in [7, 11) is 4.30. The Morgan fingerprint density at radius 1 is 0.909 bits per heavy atom. The van der Waals surface area contributed by atoms with Crippen LogP contribution < -0.4 is 0 Å². The van der Waals surface area contributed by atoms with Gasteiger partial charge >= 0.3 is 0 Å². The zero-order valence-corrected chi connectivity index (χ0v) is 14.2. The number of allylic oxidation sites excluding steroid dienone is 1. The van der Waals surface area contributed by atoms with Gasteiger partial charge in [0.05, 0.1) is 0 Å². The van der Waals surface area contributed by atoms with Crippen molar-refractivity contribution in [3.63, 3.8) is 0 Å². The maximum atomic E-state index is 2.29. The lowest BCUT2D eigenvalue weighted by atomic mass is 9.98. The molecule has 1 aliphatic rings. The van der Waals surface area contributed by atoms with E-state index < -0.39 is 0 Å². The molecule has 0 fully saturated rings. The normalized spacial score (nSPS) is 13.2. The molecule has 0 atom stereocenters. The first-order valence-corrected chi connectivity index (χ1v) is 7.72. The number of benzene rings is 2. The Bertz CT molecular complexity index is 644. The van der Waals surface area contributed by atoms with Crippen LogP contribution in [0.4, 0.5) is 0 Å². The van der Waals surface area contributed by atoms with Crippen molar-refractivity contribution in [1.82, 2.24) is 4.90 Å². The highest BCUT2D eigenvalue weighted by atomic mass is 35.5. The molecular formula is C20H24ClN. The Morgan fingerprint density at radius 3 is 2.32 bits per heavy atom. The fourth-order valence-corrected chi connectivity index (χ4v) is 3.15. The molecule has 0 saturated carbocycles. The summed E-state index contributed by atoms with van der Waals surface area (Å²) < 4.78 is 0. The minimum absolute atomic E-state index is 0. The molecule has 116 valence electrons. The van der Waals surface area contributed by atoms with Crippen LogP contribution in [-0.4, -0.2) is 25.5 Å². The Labute approximate surface area is 140 Å². The summed E-state index contributed by atoms with van der Waals surface area (Å²) in [5, 5.41) is 0. The molecule has 0 heterocycles. The molecule has 0 bridgehead atoms. The molecule has 0 N–H and O–H groups in total. The lowest BCUT2D eigenvalue weighted by Gasteiger charge is -2.13. The number of hydrogen-bond donors (Lipinski definition) is 0. The van der Waals surface area contributed by atoms with Gasteiger partial charge in [0, 0.05) is 6.54 Å².